The number of hydrogen-bond acceptors (Lipinski definition) is 3. The molecule has 0 saturated carbocycles. The van der Waals surface area contributed by atoms with Crippen molar-refractivity contribution < 1.29 is 4.39 Å². The van der Waals surface area contributed by atoms with Crippen molar-refractivity contribution in [2.75, 3.05) is 38.6 Å². The van der Waals surface area contributed by atoms with Gasteiger partial charge in [-0.3, -0.25) is 0 Å². The van der Waals surface area contributed by atoms with E-state index in [1.54, 1.807) is 6.07 Å². The highest BCUT2D eigenvalue weighted by molar-refractivity contribution is 5.54. The van der Waals surface area contributed by atoms with Crippen molar-refractivity contribution in [3.63, 3.8) is 0 Å². The summed E-state index contributed by atoms with van der Waals surface area (Å²) in [6.45, 7) is 2.67. The van der Waals surface area contributed by atoms with E-state index in [1.165, 1.54) is 18.9 Å². The van der Waals surface area contributed by atoms with Crippen LogP contribution in [0.4, 0.5) is 10.1 Å². The average Bonchev–Trinajstić information content (AvgIpc) is 2.40. The predicted octanol–water partition coefficient (Wildman–Crippen LogP) is 1.86. The molecule has 1 atom stereocenters. The van der Waals surface area contributed by atoms with Gasteiger partial charge in [-0.2, -0.15) is 0 Å². The van der Waals surface area contributed by atoms with E-state index < -0.39 is 0 Å². The molecule has 1 aromatic rings. The molecule has 19 heavy (non-hydrogen) atoms. The van der Waals surface area contributed by atoms with Gasteiger partial charge in [-0.05, 0) is 51.5 Å². The smallest absolute Gasteiger partial charge is 0.128 e. The standard InChI is InChI=1S/C15H24FN3/c1-18-10-4-5-12(11-18)19(2)15-7-3-6-14(16)13(15)8-9-17/h3,6-7,12H,4-5,8-11,17H2,1-2H3. The Bertz CT molecular complexity index is 422. The lowest BCUT2D eigenvalue weighted by Gasteiger charge is -2.38. The average molecular weight is 265 g/mol. The SMILES string of the molecule is CN1CCCC(N(C)c2cccc(F)c2CCN)C1. The molecule has 106 valence electrons. The van der Waals surface area contributed by atoms with E-state index in [9.17, 15) is 4.39 Å². The Morgan fingerprint density at radius 2 is 2.26 bits per heavy atom. The second-order valence-corrected chi connectivity index (χ2v) is 5.45. The van der Waals surface area contributed by atoms with Gasteiger partial charge in [0.25, 0.3) is 0 Å². The van der Waals surface area contributed by atoms with Crippen LogP contribution in [-0.4, -0.2) is 44.7 Å². The van der Waals surface area contributed by atoms with E-state index in [2.05, 4.69) is 23.9 Å². The van der Waals surface area contributed by atoms with Gasteiger partial charge in [-0.25, -0.2) is 4.39 Å². The lowest BCUT2D eigenvalue weighted by molar-refractivity contribution is 0.248. The minimum Gasteiger partial charge on any atom is -0.370 e. The molecule has 1 heterocycles. The van der Waals surface area contributed by atoms with Gasteiger partial charge in [0.05, 0.1) is 0 Å². The minimum atomic E-state index is -0.140. The second kappa shape index (κ2) is 6.35. The number of nitrogens with two attached hydrogens (primary N) is 1. The fraction of sp³-hybridized carbons (Fsp3) is 0.600. The Hall–Kier alpha value is -1.13. The molecule has 0 aliphatic carbocycles. The number of benzene rings is 1. The van der Waals surface area contributed by atoms with Crippen LogP contribution in [0, 0.1) is 5.82 Å². The van der Waals surface area contributed by atoms with Gasteiger partial charge < -0.3 is 15.5 Å². The molecule has 2 N–H and O–H groups in total. The number of anilines is 1. The molecule has 1 aliphatic heterocycles. The van der Waals surface area contributed by atoms with Crippen molar-refractivity contribution in [1.82, 2.24) is 4.90 Å². The lowest BCUT2D eigenvalue weighted by atomic mass is 10.0. The predicted molar refractivity (Wildman–Crippen MR) is 78.1 cm³/mol. The van der Waals surface area contributed by atoms with Crippen molar-refractivity contribution in [2.24, 2.45) is 5.73 Å². The van der Waals surface area contributed by atoms with Gasteiger partial charge in [0.15, 0.2) is 0 Å². The summed E-state index contributed by atoms with van der Waals surface area (Å²) in [4.78, 5) is 4.57. The normalized spacial score (nSPS) is 20.5. The topological polar surface area (TPSA) is 32.5 Å². The summed E-state index contributed by atoms with van der Waals surface area (Å²) in [7, 11) is 4.21. The van der Waals surface area contributed by atoms with Crippen LogP contribution in [0.3, 0.4) is 0 Å². The number of likely N-dealkylation sites (tertiary alicyclic amines) is 1. The maximum Gasteiger partial charge on any atom is 0.128 e. The third-order valence-corrected chi connectivity index (χ3v) is 4.02. The maximum absolute atomic E-state index is 13.9. The third-order valence-electron chi connectivity index (χ3n) is 4.02. The van der Waals surface area contributed by atoms with E-state index in [4.69, 9.17) is 5.73 Å². The highest BCUT2D eigenvalue weighted by atomic mass is 19.1. The summed E-state index contributed by atoms with van der Waals surface area (Å²) in [5.41, 5.74) is 7.35. The van der Waals surface area contributed by atoms with Crippen molar-refractivity contribution in [3.8, 4) is 0 Å². The van der Waals surface area contributed by atoms with Crippen LogP contribution in [0.5, 0.6) is 0 Å². The number of nitrogens with zero attached hydrogens (tertiary/aromatic N) is 2. The minimum absolute atomic E-state index is 0.140. The Kier molecular flexibility index (Phi) is 4.77. The fourth-order valence-corrected chi connectivity index (χ4v) is 2.92. The van der Waals surface area contributed by atoms with Gasteiger partial charge in [0.2, 0.25) is 0 Å². The molecule has 1 aromatic carbocycles. The molecule has 1 unspecified atom stereocenters. The molecular formula is C15H24FN3. The number of likely N-dealkylation sites (N-methyl/N-ethyl adjacent to an activating group) is 2. The van der Waals surface area contributed by atoms with Crippen LogP contribution < -0.4 is 10.6 Å². The quantitative estimate of drug-likeness (QED) is 0.902. The van der Waals surface area contributed by atoms with E-state index >= 15 is 0 Å². The van der Waals surface area contributed by atoms with Gasteiger partial charge in [0, 0.05) is 30.9 Å². The van der Waals surface area contributed by atoms with Crippen LogP contribution >= 0.6 is 0 Å². The first-order valence-corrected chi connectivity index (χ1v) is 7.02. The maximum atomic E-state index is 13.9. The molecule has 4 heteroatoms. The van der Waals surface area contributed by atoms with Crippen LogP contribution in [-0.2, 0) is 6.42 Å². The summed E-state index contributed by atoms with van der Waals surface area (Å²) < 4.78 is 13.9. The van der Waals surface area contributed by atoms with E-state index in [0.717, 1.165) is 24.3 Å². The molecule has 2 rings (SSSR count). The fourth-order valence-electron chi connectivity index (χ4n) is 2.92. The zero-order chi connectivity index (χ0) is 13.8. The Balaban J connectivity index is 2.22. The summed E-state index contributed by atoms with van der Waals surface area (Å²) in [5, 5.41) is 0. The molecule has 0 bridgehead atoms. The van der Waals surface area contributed by atoms with E-state index in [1.807, 2.05) is 6.07 Å². The Morgan fingerprint density at radius 3 is 2.95 bits per heavy atom. The number of rotatable bonds is 4. The van der Waals surface area contributed by atoms with Gasteiger partial charge in [-0.15, -0.1) is 0 Å². The van der Waals surface area contributed by atoms with Crippen LogP contribution in [0.15, 0.2) is 18.2 Å². The molecule has 1 saturated heterocycles. The van der Waals surface area contributed by atoms with Crippen molar-refractivity contribution in [3.05, 3.63) is 29.6 Å². The molecule has 1 aliphatic rings. The molecule has 0 aromatic heterocycles. The molecule has 1 fully saturated rings. The first-order valence-electron chi connectivity index (χ1n) is 7.02. The molecule has 0 spiro atoms. The third kappa shape index (κ3) is 3.25. The van der Waals surface area contributed by atoms with Gasteiger partial charge in [-0.1, -0.05) is 6.07 Å². The molecule has 3 nitrogen and oxygen atoms in total. The van der Waals surface area contributed by atoms with Crippen molar-refractivity contribution >= 4 is 5.69 Å². The highest BCUT2D eigenvalue weighted by Gasteiger charge is 2.23. The first-order chi connectivity index (χ1) is 9.13. The number of piperidine rings is 1. The van der Waals surface area contributed by atoms with Gasteiger partial charge in [0.1, 0.15) is 5.82 Å². The van der Waals surface area contributed by atoms with Gasteiger partial charge >= 0.3 is 0 Å². The molecule has 0 amide bonds. The summed E-state index contributed by atoms with van der Waals surface area (Å²) in [5.74, 6) is -0.140. The number of halogens is 1. The summed E-state index contributed by atoms with van der Waals surface area (Å²) in [6.07, 6.45) is 2.96. The zero-order valence-corrected chi connectivity index (χ0v) is 11.9. The largest absolute Gasteiger partial charge is 0.370 e. The van der Waals surface area contributed by atoms with Crippen molar-refractivity contribution in [1.29, 1.82) is 0 Å². The molecule has 0 radical (unpaired) electrons. The number of hydrogen-bond donors (Lipinski definition) is 1. The first kappa shape index (κ1) is 14.3. The summed E-state index contributed by atoms with van der Waals surface area (Å²) in [6, 6.07) is 5.77. The van der Waals surface area contributed by atoms with Crippen LogP contribution in [0.1, 0.15) is 18.4 Å². The Morgan fingerprint density at radius 1 is 1.47 bits per heavy atom. The van der Waals surface area contributed by atoms with E-state index in [-0.39, 0.29) is 5.82 Å². The molecular weight excluding hydrogens is 241 g/mol. The highest BCUT2D eigenvalue weighted by Crippen LogP contribution is 2.26. The van der Waals surface area contributed by atoms with Crippen LogP contribution in [0.25, 0.3) is 0 Å². The monoisotopic (exact) mass is 265 g/mol. The van der Waals surface area contributed by atoms with Crippen molar-refractivity contribution in [2.45, 2.75) is 25.3 Å². The van der Waals surface area contributed by atoms with Crippen LogP contribution in [0.2, 0.25) is 0 Å². The second-order valence-electron chi connectivity index (χ2n) is 5.45. The van der Waals surface area contributed by atoms with E-state index in [0.29, 0.717) is 19.0 Å². The zero-order valence-electron chi connectivity index (χ0n) is 11.9. The Labute approximate surface area is 115 Å². The lowest BCUT2D eigenvalue weighted by Crippen LogP contribution is -2.45. The summed E-state index contributed by atoms with van der Waals surface area (Å²) >= 11 is 0.